The van der Waals surface area contributed by atoms with Gasteiger partial charge < -0.3 is 9.26 Å². The monoisotopic (exact) mass is 405 g/mol. The topological polar surface area (TPSA) is 52.3 Å². The van der Waals surface area contributed by atoms with E-state index in [1.54, 1.807) is 0 Å². The van der Waals surface area contributed by atoms with Crippen molar-refractivity contribution in [3.63, 3.8) is 0 Å². The molecule has 0 radical (unpaired) electrons. The lowest BCUT2D eigenvalue weighted by Crippen LogP contribution is -2.30. The number of carbonyl (C=O) groups is 1. The average Bonchev–Trinajstić information content (AvgIpc) is 3.38. The number of ether oxygens (including phenoxy) is 1. The van der Waals surface area contributed by atoms with Gasteiger partial charge in [-0.3, -0.25) is 4.79 Å². The molecule has 3 saturated carbocycles. The molecule has 6 heteroatoms. The quantitative estimate of drug-likeness (QED) is 0.630. The van der Waals surface area contributed by atoms with E-state index in [1.165, 1.54) is 0 Å². The first-order chi connectivity index (χ1) is 13.1. The molecule has 3 atom stereocenters. The van der Waals surface area contributed by atoms with Crippen molar-refractivity contribution in [3.05, 3.63) is 39.6 Å². The van der Waals surface area contributed by atoms with Crippen LogP contribution in [0.2, 0.25) is 10.0 Å². The van der Waals surface area contributed by atoms with E-state index in [4.69, 9.17) is 32.5 Å². The maximum Gasteiger partial charge on any atom is 0.145 e. The molecule has 3 aliphatic carbocycles. The Morgan fingerprint density at radius 1 is 1.04 bits per heavy atom. The summed E-state index contributed by atoms with van der Waals surface area (Å²) in [6.07, 6.45) is 6.05. The Hall–Kier alpha value is -1.36. The lowest BCUT2D eigenvalue weighted by molar-refractivity contribution is -0.130. The SMILES string of the molecule is O=C1C2CC[C@H]1C[C@@H](OCc1c(-c3c(Cl)cccc3Cl)noc1C1CC1)C2. The van der Waals surface area contributed by atoms with Gasteiger partial charge in [-0.1, -0.05) is 34.4 Å². The van der Waals surface area contributed by atoms with E-state index in [0.717, 1.165) is 49.8 Å². The fourth-order valence-corrected chi connectivity index (χ4v) is 5.18. The highest BCUT2D eigenvalue weighted by molar-refractivity contribution is 6.39. The number of hydrogen-bond acceptors (Lipinski definition) is 4. The second-order valence-electron chi connectivity index (χ2n) is 8.02. The Bertz CT molecular complexity index is 853. The van der Waals surface area contributed by atoms with Gasteiger partial charge in [-0.25, -0.2) is 0 Å². The first kappa shape index (κ1) is 17.7. The number of carbonyl (C=O) groups excluding carboxylic acids is 1. The number of aromatic nitrogens is 1. The molecule has 1 unspecified atom stereocenters. The molecule has 142 valence electrons. The molecule has 5 rings (SSSR count). The van der Waals surface area contributed by atoms with Gasteiger partial charge >= 0.3 is 0 Å². The van der Waals surface area contributed by atoms with Crippen LogP contribution in [0.25, 0.3) is 11.3 Å². The molecule has 3 aliphatic rings. The van der Waals surface area contributed by atoms with Crippen molar-refractivity contribution in [3.8, 4) is 11.3 Å². The van der Waals surface area contributed by atoms with Gasteiger partial charge in [-0.15, -0.1) is 0 Å². The minimum absolute atomic E-state index is 0.122. The lowest BCUT2D eigenvalue weighted by atomic mass is 9.86. The standard InChI is InChI=1S/C21H21Cl2NO3/c22-16-2-1-3-17(23)18(16)19-15(21(27-24-19)11-4-5-11)10-26-14-8-12-6-7-13(9-14)20(12)25/h1-3,11-14H,4-10H2/t12-,13?,14+/m0/s1. The van der Waals surface area contributed by atoms with Crippen molar-refractivity contribution in [1.82, 2.24) is 5.16 Å². The number of ketones is 1. The van der Waals surface area contributed by atoms with E-state index >= 15 is 0 Å². The van der Waals surface area contributed by atoms with Crippen LogP contribution in [0.1, 0.15) is 55.8 Å². The summed E-state index contributed by atoms with van der Waals surface area (Å²) in [7, 11) is 0. The van der Waals surface area contributed by atoms with E-state index < -0.39 is 0 Å². The van der Waals surface area contributed by atoms with Gasteiger partial charge in [-0.2, -0.15) is 0 Å². The van der Waals surface area contributed by atoms with Crippen molar-refractivity contribution < 1.29 is 14.1 Å². The summed E-state index contributed by atoms with van der Waals surface area (Å²) >= 11 is 12.8. The first-order valence-electron chi connectivity index (χ1n) is 9.70. The van der Waals surface area contributed by atoms with Gasteiger partial charge in [0.25, 0.3) is 0 Å². The molecule has 0 spiro atoms. The minimum Gasteiger partial charge on any atom is -0.373 e. The lowest BCUT2D eigenvalue weighted by Gasteiger charge is -2.26. The molecule has 0 N–H and O–H groups in total. The van der Waals surface area contributed by atoms with E-state index in [0.29, 0.717) is 39.6 Å². The van der Waals surface area contributed by atoms with Gasteiger partial charge in [0, 0.05) is 28.9 Å². The van der Waals surface area contributed by atoms with Crippen LogP contribution in [0.4, 0.5) is 0 Å². The maximum absolute atomic E-state index is 12.1. The maximum atomic E-state index is 12.1. The Labute approximate surface area is 168 Å². The van der Waals surface area contributed by atoms with Crippen molar-refractivity contribution in [2.24, 2.45) is 11.8 Å². The molecule has 4 nitrogen and oxygen atoms in total. The highest BCUT2D eigenvalue weighted by Gasteiger charge is 2.42. The van der Waals surface area contributed by atoms with Gasteiger partial charge in [-0.05, 0) is 50.7 Å². The van der Waals surface area contributed by atoms with Crippen molar-refractivity contribution in [2.45, 2.75) is 57.2 Å². The minimum atomic E-state index is 0.122. The van der Waals surface area contributed by atoms with Gasteiger partial charge in [0.1, 0.15) is 17.2 Å². The number of hydrogen-bond donors (Lipinski definition) is 0. The van der Waals surface area contributed by atoms with Crippen LogP contribution in [0.3, 0.4) is 0 Å². The normalized spacial score (nSPS) is 27.3. The number of fused-ring (bicyclic) bond motifs is 2. The molecule has 1 aromatic heterocycles. The van der Waals surface area contributed by atoms with Gasteiger partial charge in [0.15, 0.2) is 0 Å². The molecule has 0 aliphatic heterocycles. The van der Waals surface area contributed by atoms with Gasteiger partial charge in [0.05, 0.1) is 22.8 Å². The van der Waals surface area contributed by atoms with Crippen LogP contribution >= 0.6 is 23.2 Å². The van der Waals surface area contributed by atoms with Crippen molar-refractivity contribution in [1.29, 1.82) is 0 Å². The molecule has 0 saturated heterocycles. The molecular formula is C21H21Cl2NO3. The van der Waals surface area contributed by atoms with Gasteiger partial charge in [0.2, 0.25) is 0 Å². The zero-order chi connectivity index (χ0) is 18.5. The fourth-order valence-electron chi connectivity index (χ4n) is 4.60. The summed E-state index contributed by atoms with van der Waals surface area (Å²) in [5.41, 5.74) is 2.34. The summed E-state index contributed by atoms with van der Waals surface area (Å²) in [5, 5.41) is 5.42. The van der Waals surface area contributed by atoms with Crippen LogP contribution in [0.15, 0.2) is 22.7 Å². The predicted molar refractivity (Wildman–Crippen MR) is 103 cm³/mol. The number of nitrogens with zero attached hydrogens (tertiary/aromatic N) is 1. The van der Waals surface area contributed by atoms with Crippen molar-refractivity contribution in [2.75, 3.05) is 0 Å². The summed E-state index contributed by atoms with van der Waals surface area (Å²) in [6.45, 7) is 0.421. The van der Waals surface area contributed by atoms with Crippen LogP contribution in [0, 0.1) is 11.8 Å². The largest absolute Gasteiger partial charge is 0.373 e. The average molecular weight is 406 g/mol. The Balaban J connectivity index is 1.42. The summed E-state index contributed by atoms with van der Waals surface area (Å²) < 4.78 is 12.0. The van der Waals surface area contributed by atoms with E-state index in [9.17, 15) is 4.79 Å². The molecule has 2 aromatic rings. The predicted octanol–water partition coefficient (Wildman–Crippen LogP) is 5.80. The van der Waals surface area contributed by atoms with Crippen LogP contribution in [-0.2, 0) is 16.1 Å². The molecular weight excluding hydrogens is 385 g/mol. The summed E-state index contributed by atoms with van der Waals surface area (Å²) in [5.74, 6) is 2.14. The first-order valence-corrected chi connectivity index (χ1v) is 10.5. The fraction of sp³-hybridized carbons (Fsp3) is 0.524. The Kier molecular flexibility index (Phi) is 4.53. The van der Waals surface area contributed by atoms with Crippen LogP contribution < -0.4 is 0 Å². The molecule has 1 heterocycles. The van der Waals surface area contributed by atoms with Crippen LogP contribution in [-0.4, -0.2) is 17.0 Å². The number of Topliss-reactive ketones (excluding diaryl/α,β-unsaturated/α-hetero) is 1. The molecule has 3 fully saturated rings. The highest BCUT2D eigenvalue weighted by atomic mass is 35.5. The molecule has 0 amide bonds. The zero-order valence-corrected chi connectivity index (χ0v) is 16.4. The molecule has 27 heavy (non-hydrogen) atoms. The van der Waals surface area contributed by atoms with Crippen LogP contribution in [0.5, 0.6) is 0 Å². The molecule has 1 aromatic carbocycles. The Morgan fingerprint density at radius 2 is 1.67 bits per heavy atom. The third kappa shape index (κ3) is 3.22. The number of benzene rings is 1. The second-order valence-corrected chi connectivity index (χ2v) is 8.84. The third-order valence-electron chi connectivity index (χ3n) is 6.19. The summed E-state index contributed by atoms with van der Waals surface area (Å²) in [6, 6.07) is 5.44. The highest BCUT2D eigenvalue weighted by Crippen LogP contribution is 2.47. The number of rotatable bonds is 5. The Morgan fingerprint density at radius 3 is 2.30 bits per heavy atom. The van der Waals surface area contributed by atoms with E-state index in [1.807, 2.05) is 18.2 Å². The second kappa shape index (κ2) is 6.91. The van der Waals surface area contributed by atoms with E-state index in [2.05, 4.69) is 5.16 Å². The number of halogens is 2. The smallest absolute Gasteiger partial charge is 0.145 e. The third-order valence-corrected chi connectivity index (χ3v) is 6.82. The van der Waals surface area contributed by atoms with E-state index in [-0.39, 0.29) is 17.9 Å². The van der Waals surface area contributed by atoms with Crippen molar-refractivity contribution >= 4 is 29.0 Å². The zero-order valence-electron chi connectivity index (χ0n) is 14.9. The summed E-state index contributed by atoms with van der Waals surface area (Å²) in [4.78, 5) is 12.1. The molecule has 2 bridgehead atoms.